The van der Waals surface area contributed by atoms with Crippen LogP contribution in [-0.4, -0.2) is 60.7 Å². The van der Waals surface area contributed by atoms with Crippen molar-refractivity contribution in [3.63, 3.8) is 0 Å². The lowest BCUT2D eigenvalue weighted by atomic mass is 9.96. The van der Waals surface area contributed by atoms with Crippen molar-refractivity contribution in [3.8, 4) is 5.75 Å². The number of carboxylic acid groups (broad SMARTS) is 1. The Morgan fingerprint density at radius 2 is 1.72 bits per heavy atom. The van der Waals surface area contributed by atoms with Crippen LogP contribution >= 0.6 is 0 Å². The van der Waals surface area contributed by atoms with Crippen LogP contribution in [0.3, 0.4) is 0 Å². The predicted octanol–water partition coefficient (Wildman–Crippen LogP) is 1.73. The van der Waals surface area contributed by atoms with E-state index in [-0.39, 0.29) is 55.2 Å². The molecule has 2 amide bonds. The molecule has 0 aromatic heterocycles. The van der Waals surface area contributed by atoms with E-state index in [9.17, 15) is 29.1 Å². The molecule has 1 aromatic carbocycles. The average molecular weight is 450 g/mol. The maximum Gasteiger partial charge on any atom is 0.341 e. The van der Waals surface area contributed by atoms with Gasteiger partial charge in [-0.25, -0.2) is 4.79 Å². The van der Waals surface area contributed by atoms with Crippen LogP contribution < -0.4 is 15.0 Å². The molecule has 0 radical (unpaired) electrons. The van der Waals surface area contributed by atoms with Crippen molar-refractivity contribution in [1.82, 2.24) is 0 Å². The van der Waals surface area contributed by atoms with Gasteiger partial charge in [0.25, 0.3) is 0 Å². The van der Waals surface area contributed by atoms with Gasteiger partial charge in [-0.3, -0.25) is 24.1 Å². The number of nitrogens with one attached hydrogen (secondary N) is 1. The van der Waals surface area contributed by atoms with Crippen molar-refractivity contribution in [2.45, 2.75) is 45.6 Å². The quantitative estimate of drug-likeness (QED) is 0.536. The number of anilines is 2. The molecule has 1 aliphatic heterocycles. The van der Waals surface area contributed by atoms with Gasteiger partial charge in [0.2, 0.25) is 11.8 Å². The van der Waals surface area contributed by atoms with Crippen LogP contribution in [0.15, 0.2) is 12.1 Å². The SMILES string of the molecule is CCC(=O)Nc1c(N2C(=O)CCC2(COC(C)=O)COC(C)=O)ccc(OC)c1C(=O)O. The molecule has 11 heteroatoms. The second-order valence-corrected chi connectivity index (χ2v) is 7.26. The number of carbonyl (C=O) groups is 5. The Balaban J connectivity index is 2.73. The van der Waals surface area contributed by atoms with Gasteiger partial charge in [-0.05, 0) is 18.6 Å². The van der Waals surface area contributed by atoms with E-state index in [0.29, 0.717) is 0 Å². The minimum atomic E-state index is -1.38. The molecular formula is C21H26N2O9. The van der Waals surface area contributed by atoms with E-state index in [0.717, 1.165) is 0 Å². The van der Waals surface area contributed by atoms with E-state index in [1.807, 2.05) is 0 Å². The zero-order chi connectivity index (χ0) is 24.1. The highest BCUT2D eigenvalue weighted by atomic mass is 16.5. The first-order chi connectivity index (χ1) is 15.1. The monoisotopic (exact) mass is 450 g/mol. The van der Waals surface area contributed by atoms with E-state index >= 15 is 0 Å². The molecule has 0 saturated carbocycles. The highest BCUT2D eigenvalue weighted by Gasteiger charge is 2.49. The minimum absolute atomic E-state index is 0.0233. The van der Waals surface area contributed by atoms with Crippen molar-refractivity contribution >= 4 is 41.1 Å². The molecular weight excluding hydrogens is 424 g/mol. The number of methoxy groups -OCH3 is 1. The van der Waals surface area contributed by atoms with Gasteiger partial charge in [-0.1, -0.05) is 6.92 Å². The van der Waals surface area contributed by atoms with Gasteiger partial charge in [-0.2, -0.15) is 0 Å². The topological polar surface area (TPSA) is 149 Å². The van der Waals surface area contributed by atoms with Gasteiger partial charge in [0.1, 0.15) is 30.1 Å². The summed E-state index contributed by atoms with van der Waals surface area (Å²) in [6.07, 6.45) is 0.246. The Labute approximate surface area is 184 Å². The predicted molar refractivity (Wildman–Crippen MR) is 112 cm³/mol. The Morgan fingerprint density at radius 3 is 2.19 bits per heavy atom. The number of amides is 2. The van der Waals surface area contributed by atoms with E-state index in [1.54, 1.807) is 6.92 Å². The van der Waals surface area contributed by atoms with Crippen molar-refractivity contribution in [2.24, 2.45) is 0 Å². The maximum atomic E-state index is 13.0. The summed E-state index contributed by atoms with van der Waals surface area (Å²) < 4.78 is 15.5. The largest absolute Gasteiger partial charge is 0.496 e. The third-order valence-corrected chi connectivity index (χ3v) is 5.02. The second-order valence-electron chi connectivity index (χ2n) is 7.26. The van der Waals surface area contributed by atoms with E-state index in [4.69, 9.17) is 14.2 Å². The van der Waals surface area contributed by atoms with Gasteiger partial charge >= 0.3 is 17.9 Å². The highest BCUT2D eigenvalue weighted by molar-refractivity contribution is 6.10. The Hall–Kier alpha value is -3.63. The Kier molecular flexibility index (Phi) is 7.79. The van der Waals surface area contributed by atoms with Crippen LogP contribution in [0.25, 0.3) is 0 Å². The molecule has 2 rings (SSSR count). The van der Waals surface area contributed by atoms with Gasteiger partial charge in [0.05, 0.1) is 18.5 Å². The maximum absolute atomic E-state index is 13.0. The zero-order valence-corrected chi connectivity index (χ0v) is 18.4. The molecule has 1 fully saturated rings. The summed E-state index contributed by atoms with van der Waals surface area (Å²) in [6, 6.07) is 2.78. The number of aromatic carboxylic acids is 1. The number of carbonyl (C=O) groups excluding carboxylic acids is 4. The summed E-state index contributed by atoms with van der Waals surface area (Å²) in [5.74, 6) is -3.52. The summed E-state index contributed by atoms with van der Waals surface area (Å²) in [5, 5.41) is 12.3. The molecule has 0 aliphatic carbocycles. The third-order valence-electron chi connectivity index (χ3n) is 5.02. The van der Waals surface area contributed by atoms with Gasteiger partial charge in [0, 0.05) is 26.7 Å². The molecule has 11 nitrogen and oxygen atoms in total. The molecule has 1 aromatic rings. The van der Waals surface area contributed by atoms with Crippen molar-refractivity contribution in [1.29, 1.82) is 0 Å². The number of benzene rings is 1. The number of hydrogen-bond acceptors (Lipinski definition) is 8. The second kappa shape index (κ2) is 10.1. The normalized spacial score (nSPS) is 14.6. The first-order valence-corrected chi connectivity index (χ1v) is 9.90. The number of esters is 2. The molecule has 1 saturated heterocycles. The first-order valence-electron chi connectivity index (χ1n) is 9.90. The van der Waals surface area contributed by atoms with Crippen LogP contribution in [0.2, 0.25) is 0 Å². The Bertz CT molecular complexity index is 923. The van der Waals surface area contributed by atoms with Crippen molar-refractivity contribution in [3.05, 3.63) is 17.7 Å². The van der Waals surface area contributed by atoms with Crippen LogP contribution in [-0.2, 0) is 28.7 Å². The summed E-state index contributed by atoms with van der Waals surface area (Å²) in [5.41, 5.74) is -1.72. The third kappa shape index (κ3) is 5.16. The summed E-state index contributed by atoms with van der Waals surface area (Å²) in [4.78, 5) is 61.5. The van der Waals surface area contributed by atoms with Crippen LogP contribution in [0, 0.1) is 0 Å². The summed E-state index contributed by atoms with van der Waals surface area (Å²) in [6.45, 7) is 3.39. The van der Waals surface area contributed by atoms with Gasteiger partial charge < -0.3 is 24.6 Å². The number of carboxylic acids is 1. The fourth-order valence-corrected chi connectivity index (χ4v) is 3.50. The number of ether oxygens (including phenoxy) is 3. The lowest BCUT2D eigenvalue weighted by Gasteiger charge is -2.38. The van der Waals surface area contributed by atoms with Crippen LogP contribution in [0.1, 0.15) is 50.4 Å². The lowest BCUT2D eigenvalue weighted by molar-refractivity contribution is -0.147. The summed E-state index contributed by atoms with van der Waals surface area (Å²) >= 11 is 0. The fourth-order valence-electron chi connectivity index (χ4n) is 3.50. The van der Waals surface area contributed by atoms with Crippen LogP contribution in [0.5, 0.6) is 5.75 Å². The van der Waals surface area contributed by atoms with Gasteiger partial charge in [0.15, 0.2) is 0 Å². The number of nitrogens with zero attached hydrogens (tertiary/aromatic N) is 1. The lowest BCUT2D eigenvalue weighted by Crippen LogP contribution is -2.54. The molecule has 1 aliphatic rings. The molecule has 174 valence electrons. The average Bonchev–Trinajstić information content (AvgIpc) is 3.06. The fraction of sp³-hybridized carbons (Fsp3) is 0.476. The molecule has 0 spiro atoms. The molecule has 0 atom stereocenters. The smallest absolute Gasteiger partial charge is 0.341 e. The molecule has 0 bridgehead atoms. The number of rotatable bonds is 9. The van der Waals surface area contributed by atoms with Crippen LogP contribution in [0.4, 0.5) is 11.4 Å². The molecule has 0 unspecified atom stereocenters. The minimum Gasteiger partial charge on any atom is -0.496 e. The van der Waals surface area contributed by atoms with Crippen molar-refractivity contribution in [2.75, 3.05) is 30.5 Å². The number of hydrogen-bond donors (Lipinski definition) is 2. The summed E-state index contributed by atoms with van der Waals surface area (Å²) in [7, 11) is 1.28. The standard InChI is InChI=1S/C21H26N2O9/c1-5-16(26)22-19-14(6-7-15(30-4)18(19)20(28)29)23-17(27)8-9-21(23,10-31-12(2)24)11-32-13(3)25/h6-7H,5,8-11H2,1-4H3,(H,22,26)(H,28,29). The van der Waals surface area contributed by atoms with E-state index in [1.165, 1.54) is 38.0 Å². The molecule has 2 N–H and O–H groups in total. The Morgan fingerprint density at radius 1 is 1.12 bits per heavy atom. The zero-order valence-electron chi connectivity index (χ0n) is 18.4. The molecule has 1 heterocycles. The highest BCUT2D eigenvalue weighted by Crippen LogP contribution is 2.43. The first kappa shape index (κ1) is 24.6. The molecule has 32 heavy (non-hydrogen) atoms. The van der Waals surface area contributed by atoms with E-state index < -0.39 is 35.3 Å². The van der Waals surface area contributed by atoms with Crippen molar-refractivity contribution < 1.29 is 43.3 Å². The van der Waals surface area contributed by atoms with E-state index in [2.05, 4.69) is 5.32 Å². The van der Waals surface area contributed by atoms with Gasteiger partial charge in [-0.15, -0.1) is 0 Å².